The molecule has 2 rings (SSSR count). The molecule has 3 N–H and O–H groups in total. The van der Waals surface area contributed by atoms with Crippen LogP contribution in [-0.4, -0.2) is 46.6 Å². The van der Waals surface area contributed by atoms with E-state index < -0.39 is 0 Å². The first-order chi connectivity index (χ1) is 9.08. The van der Waals surface area contributed by atoms with Crippen LogP contribution >= 0.6 is 11.8 Å². The van der Waals surface area contributed by atoms with Crippen LogP contribution in [0.15, 0.2) is 0 Å². The van der Waals surface area contributed by atoms with Gasteiger partial charge in [-0.1, -0.05) is 6.42 Å². The lowest BCUT2D eigenvalue weighted by Crippen LogP contribution is -2.29. The molecule has 0 amide bonds. The molecule has 0 radical (unpaired) electrons. The lowest BCUT2D eigenvalue weighted by Gasteiger charge is -2.28. The molecule has 0 spiro atoms. The van der Waals surface area contributed by atoms with Gasteiger partial charge in [-0.05, 0) is 25.5 Å². The number of nitrogens with one attached hydrogen (secondary N) is 1. The van der Waals surface area contributed by atoms with Crippen molar-refractivity contribution in [2.24, 2.45) is 0 Å². The molecular formula is C12H22N6S. The Morgan fingerprint density at radius 2 is 2.05 bits per heavy atom. The number of aromatic nitrogens is 3. The molecule has 6 nitrogen and oxygen atoms in total. The van der Waals surface area contributed by atoms with Crippen LogP contribution in [0.2, 0.25) is 0 Å². The third-order valence-electron chi connectivity index (χ3n) is 3.33. The summed E-state index contributed by atoms with van der Waals surface area (Å²) < 4.78 is 0. The molecule has 1 heterocycles. The predicted octanol–water partition coefficient (Wildman–Crippen LogP) is 1.61. The van der Waals surface area contributed by atoms with Crippen molar-refractivity contribution in [3.05, 3.63) is 0 Å². The van der Waals surface area contributed by atoms with Crippen LogP contribution in [0.4, 0.5) is 17.8 Å². The van der Waals surface area contributed by atoms with Gasteiger partial charge in [0.15, 0.2) is 0 Å². The number of thioether (sulfide) groups is 1. The Balaban J connectivity index is 2.06. The number of rotatable bonds is 4. The van der Waals surface area contributed by atoms with E-state index in [1.807, 2.05) is 30.8 Å². The van der Waals surface area contributed by atoms with Crippen molar-refractivity contribution in [3.8, 4) is 0 Å². The Bertz CT molecular complexity index is 425. The van der Waals surface area contributed by atoms with Crippen LogP contribution < -0.4 is 16.0 Å². The molecule has 0 bridgehead atoms. The average Bonchev–Trinajstić information content (AvgIpc) is 2.38. The SMILES string of the molecule is CSC1CCCC(Nc2nc(N)nc(N(C)C)n2)C1. The van der Waals surface area contributed by atoms with E-state index in [9.17, 15) is 0 Å². The van der Waals surface area contributed by atoms with E-state index in [-0.39, 0.29) is 5.95 Å². The third kappa shape index (κ3) is 3.86. The molecule has 0 aliphatic heterocycles. The maximum Gasteiger partial charge on any atom is 0.231 e. The van der Waals surface area contributed by atoms with E-state index >= 15 is 0 Å². The van der Waals surface area contributed by atoms with Crippen molar-refractivity contribution in [1.29, 1.82) is 0 Å². The molecule has 0 saturated heterocycles. The second-order valence-corrected chi connectivity index (χ2v) is 6.22. The summed E-state index contributed by atoms with van der Waals surface area (Å²) in [6.45, 7) is 0. The molecule has 2 atom stereocenters. The lowest BCUT2D eigenvalue weighted by atomic mass is 9.95. The molecule has 1 aromatic heterocycles. The first kappa shape index (κ1) is 14.2. The Morgan fingerprint density at radius 1 is 1.26 bits per heavy atom. The zero-order valence-electron chi connectivity index (χ0n) is 11.8. The van der Waals surface area contributed by atoms with E-state index in [0.717, 1.165) is 11.7 Å². The molecular weight excluding hydrogens is 260 g/mol. The van der Waals surface area contributed by atoms with Crippen molar-refractivity contribution in [3.63, 3.8) is 0 Å². The van der Waals surface area contributed by atoms with Crippen LogP contribution in [0, 0.1) is 0 Å². The predicted molar refractivity (Wildman–Crippen MR) is 81.7 cm³/mol. The summed E-state index contributed by atoms with van der Waals surface area (Å²) in [4.78, 5) is 14.5. The minimum Gasteiger partial charge on any atom is -0.368 e. The smallest absolute Gasteiger partial charge is 0.231 e. The second-order valence-electron chi connectivity index (χ2n) is 5.08. The van der Waals surface area contributed by atoms with Gasteiger partial charge >= 0.3 is 0 Å². The Morgan fingerprint density at radius 3 is 2.74 bits per heavy atom. The molecule has 1 aliphatic rings. The summed E-state index contributed by atoms with van der Waals surface area (Å²) in [6.07, 6.45) is 7.06. The van der Waals surface area contributed by atoms with Gasteiger partial charge in [0.2, 0.25) is 17.8 Å². The van der Waals surface area contributed by atoms with E-state index in [2.05, 4.69) is 26.5 Å². The van der Waals surface area contributed by atoms with Gasteiger partial charge in [0, 0.05) is 25.4 Å². The fourth-order valence-electron chi connectivity index (χ4n) is 2.32. The number of hydrogen-bond acceptors (Lipinski definition) is 7. The van der Waals surface area contributed by atoms with Gasteiger partial charge in [-0.15, -0.1) is 0 Å². The zero-order chi connectivity index (χ0) is 13.8. The molecule has 19 heavy (non-hydrogen) atoms. The normalized spacial score (nSPS) is 23.1. The van der Waals surface area contributed by atoms with Crippen LogP contribution in [-0.2, 0) is 0 Å². The van der Waals surface area contributed by atoms with Crippen LogP contribution in [0.1, 0.15) is 25.7 Å². The van der Waals surface area contributed by atoms with Crippen molar-refractivity contribution in [2.75, 3.05) is 36.3 Å². The molecule has 1 fully saturated rings. The van der Waals surface area contributed by atoms with Gasteiger partial charge < -0.3 is 16.0 Å². The molecule has 1 saturated carbocycles. The molecule has 1 aromatic rings. The van der Waals surface area contributed by atoms with Gasteiger partial charge in [-0.2, -0.15) is 26.7 Å². The van der Waals surface area contributed by atoms with Gasteiger partial charge in [-0.3, -0.25) is 0 Å². The highest BCUT2D eigenvalue weighted by molar-refractivity contribution is 7.99. The molecule has 106 valence electrons. The van der Waals surface area contributed by atoms with E-state index in [0.29, 0.717) is 17.9 Å². The first-order valence-electron chi connectivity index (χ1n) is 6.56. The van der Waals surface area contributed by atoms with Gasteiger partial charge in [0.1, 0.15) is 0 Å². The van der Waals surface area contributed by atoms with Gasteiger partial charge in [0.05, 0.1) is 0 Å². The highest BCUT2D eigenvalue weighted by Gasteiger charge is 2.22. The van der Waals surface area contributed by atoms with Crippen molar-refractivity contribution in [2.45, 2.75) is 37.0 Å². The minimum absolute atomic E-state index is 0.262. The summed E-state index contributed by atoms with van der Waals surface area (Å²) in [5.41, 5.74) is 5.72. The standard InChI is InChI=1S/C12H22N6S/c1-18(2)12-16-10(13)15-11(17-12)14-8-5-4-6-9(7-8)19-3/h8-9H,4-7H2,1-3H3,(H3,13,14,15,16,17). The minimum atomic E-state index is 0.262. The van der Waals surface area contributed by atoms with Gasteiger partial charge in [-0.25, -0.2) is 0 Å². The quantitative estimate of drug-likeness (QED) is 0.868. The van der Waals surface area contributed by atoms with E-state index in [1.54, 1.807) is 0 Å². The highest BCUT2D eigenvalue weighted by Crippen LogP contribution is 2.28. The lowest BCUT2D eigenvalue weighted by molar-refractivity contribution is 0.471. The van der Waals surface area contributed by atoms with Crippen LogP contribution in [0.3, 0.4) is 0 Å². The fourth-order valence-corrected chi connectivity index (χ4v) is 3.15. The monoisotopic (exact) mass is 282 g/mol. The summed E-state index contributed by atoms with van der Waals surface area (Å²) in [6, 6.07) is 0.433. The van der Waals surface area contributed by atoms with Crippen LogP contribution in [0.5, 0.6) is 0 Å². The number of nitrogen functional groups attached to an aromatic ring is 1. The molecule has 7 heteroatoms. The summed E-state index contributed by atoms with van der Waals surface area (Å²) >= 11 is 1.95. The summed E-state index contributed by atoms with van der Waals surface area (Å²) in [7, 11) is 3.78. The van der Waals surface area contributed by atoms with Crippen LogP contribution in [0.25, 0.3) is 0 Å². The number of nitrogens with zero attached hydrogens (tertiary/aromatic N) is 4. The Labute approximate surface area is 118 Å². The van der Waals surface area contributed by atoms with E-state index in [1.165, 1.54) is 19.3 Å². The average molecular weight is 282 g/mol. The maximum absolute atomic E-state index is 5.72. The maximum atomic E-state index is 5.72. The zero-order valence-corrected chi connectivity index (χ0v) is 12.6. The fraction of sp³-hybridized carbons (Fsp3) is 0.750. The molecule has 1 aliphatic carbocycles. The summed E-state index contributed by atoms with van der Waals surface area (Å²) in [5.74, 6) is 1.44. The summed E-state index contributed by atoms with van der Waals surface area (Å²) in [5, 5.41) is 4.13. The third-order valence-corrected chi connectivity index (χ3v) is 4.43. The molecule has 2 unspecified atom stereocenters. The Kier molecular flexibility index (Phi) is 4.68. The Hall–Kier alpha value is -1.24. The number of hydrogen-bond donors (Lipinski definition) is 2. The van der Waals surface area contributed by atoms with Crippen molar-refractivity contribution < 1.29 is 0 Å². The van der Waals surface area contributed by atoms with Crippen molar-refractivity contribution in [1.82, 2.24) is 15.0 Å². The number of anilines is 3. The number of nitrogens with two attached hydrogens (primary N) is 1. The van der Waals surface area contributed by atoms with Crippen molar-refractivity contribution >= 4 is 29.6 Å². The second kappa shape index (κ2) is 6.27. The molecule has 0 aromatic carbocycles. The van der Waals surface area contributed by atoms with E-state index in [4.69, 9.17) is 5.73 Å². The largest absolute Gasteiger partial charge is 0.368 e. The first-order valence-corrected chi connectivity index (χ1v) is 7.85. The highest BCUT2D eigenvalue weighted by atomic mass is 32.2. The topological polar surface area (TPSA) is 80.0 Å². The van der Waals surface area contributed by atoms with Gasteiger partial charge in [0.25, 0.3) is 0 Å².